The van der Waals surface area contributed by atoms with E-state index in [1.165, 1.54) is 38.5 Å². The highest BCUT2D eigenvalue weighted by Gasteiger charge is 2.33. The van der Waals surface area contributed by atoms with Gasteiger partial charge < -0.3 is 10.4 Å². The van der Waals surface area contributed by atoms with Gasteiger partial charge in [-0.3, -0.25) is 0 Å². The minimum absolute atomic E-state index is 0.0961. The molecule has 0 bridgehead atoms. The normalized spacial score (nSPS) is 37.3. The molecule has 2 rings (SSSR count). The first kappa shape index (κ1) is 10.4. The third kappa shape index (κ3) is 2.29. The Morgan fingerprint density at radius 3 is 2.36 bits per heavy atom. The largest absolute Gasteiger partial charge is 0.392 e. The van der Waals surface area contributed by atoms with Gasteiger partial charge in [0.25, 0.3) is 0 Å². The average molecular weight is 197 g/mol. The third-order valence-electron chi connectivity index (χ3n) is 3.97. The van der Waals surface area contributed by atoms with Gasteiger partial charge in [0, 0.05) is 11.6 Å². The van der Waals surface area contributed by atoms with Crippen LogP contribution in [-0.2, 0) is 0 Å². The summed E-state index contributed by atoms with van der Waals surface area (Å²) in [7, 11) is 0. The lowest BCUT2D eigenvalue weighted by atomic mass is 9.89. The van der Waals surface area contributed by atoms with E-state index >= 15 is 0 Å². The lowest BCUT2D eigenvalue weighted by molar-refractivity contribution is 0.0742. The topological polar surface area (TPSA) is 32.3 Å². The molecule has 0 aromatic carbocycles. The van der Waals surface area contributed by atoms with Crippen molar-refractivity contribution in [1.29, 1.82) is 0 Å². The summed E-state index contributed by atoms with van der Waals surface area (Å²) in [4.78, 5) is 0. The molecule has 2 N–H and O–H groups in total. The summed E-state index contributed by atoms with van der Waals surface area (Å²) in [5.41, 5.74) is 0.322. The molecule has 14 heavy (non-hydrogen) atoms. The highest BCUT2D eigenvalue weighted by atomic mass is 16.3. The Hall–Kier alpha value is -0.0800. The van der Waals surface area contributed by atoms with Crippen LogP contribution in [0.4, 0.5) is 0 Å². The highest BCUT2D eigenvalue weighted by Crippen LogP contribution is 2.31. The van der Waals surface area contributed by atoms with Crippen LogP contribution in [0.2, 0.25) is 0 Å². The molecule has 2 saturated carbocycles. The van der Waals surface area contributed by atoms with Gasteiger partial charge in [-0.05, 0) is 32.6 Å². The van der Waals surface area contributed by atoms with E-state index < -0.39 is 0 Å². The van der Waals surface area contributed by atoms with Gasteiger partial charge in [0.15, 0.2) is 0 Å². The Morgan fingerprint density at radius 1 is 1.07 bits per heavy atom. The van der Waals surface area contributed by atoms with Crippen LogP contribution < -0.4 is 5.32 Å². The van der Waals surface area contributed by atoms with Crippen LogP contribution >= 0.6 is 0 Å². The Bertz CT molecular complexity index is 187. The van der Waals surface area contributed by atoms with E-state index in [1.54, 1.807) is 0 Å². The van der Waals surface area contributed by atoms with Crippen molar-refractivity contribution in [2.75, 3.05) is 0 Å². The second-order valence-corrected chi connectivity index (χ2v) is 5.37. The van der Waals surface area contributed by atoms with Crippen LogP contribution in [-0.4, -0.2) is 22.8 Å². The Balaban J connectivity index is 1.88. The summed E-state index contributed by atoms with van der Waals surface area (Å²) in [6, 6.07) is 0.367. The number of hydrogen-bond donors (Lipinski definition) is 2. The Labute approximate surface area is 87.1 Å². The van der Waals surface area contributed by atoms with Crippen molar-refractivity contribution in [3.05, 3.63) is 0 Å². The third-order valence-corrected chi connectivity index (χ3v) is 3.97. The van der Waals surface area contributed by atoms with Crippen molar-refractivity contribution in [1.82, 2.24) is 5.32 Å². The molecule has 0 aromatic heterocycles. The zero-order chi connectivity index (χ0) is 10.0. The van der Waals surface area contributed by atoms with Crippen LogP contribution in [0.5, 0.6) is 0 Å². The smallest absolute Gasteiger partial charge is 0.0693 e. The van der Waals surface area contributed by atoms with Gasteiger partial charge in [-0.1, -0.05) is 25.7 Å². The molecular formula is C12H23NO. The first-order valence-corrected chi connectivity index (χ1v) is 6.15. The van der Waals surface area contributed by atoms with E-state index in [-0.39, 0.29) is 6.10 Å². The van der Waals surface area contributed by atoms with Gasteiger partial charge in [-0.2, -0.15) is 0 Å². The highest BCUT2D eigenvalue weighted by molar-refractivity contribution is 4.93. The molecule has 2 aliphatic carbocycles. The SMILES string of the molecule is CC1(NC2CCCCC2O)CCCC1. The standard InChI is InChI=1S/C12H23NO/c1-12(8-4-5-9-12)13-10-6-2-3-7-11(10)14/h10-11,13-14H,2-9H2,1H3. The summed E-state index contributed by atoms with van der Waals surface area (Å²) in [6.07, 6.45) is 9.83. The fourth-order valence-corrected chi connectivity index (χ4v) is 3.03. The number of hydrogen-bond acceptors (Lipinski definition) is 2. The molecular weight excluding hydrogens is 174 g/mol. The maximum absolute atomic E-state index is 9.88. The molecule has 2 aliphatic rings. The van der Waals surface area contributed by atoms with Crippen LogP contribution in [0.1, 0.15) is 58.3 Å². The number of aliphatic hydroxyl groups is 1. The summed E-state index contributed by atoms with van der Waals surface area (Å²) < 4.78 is 0. The molecule has 0 spiro atoms. The number of rotatable bonds is 2. The molecule has 0 amide bonds. The average Bonchev–Trinajstić information content (AvgIpc) is 2.57. The lowest BCUT2D eigenvalue weighted by Gasteiger charge is -2.36. The van der Waals surface area contributed by atoms with E-state index in [2.05, 4.69) is 12.2 Å². The van der Waals surface area contributed by atoms with E-state index in [0.717, 1.165) is 12.8 Å². The first-order valence-electron chi connectivity index (χ1n) is 6.15. The van der Waals surface area contributed by atoms with Gasteiger partial charge in [0.2, 0.25) is 0 Å². The van der Waals surface area contributed by atoms with Crippen LogP contribution in [0.15, 0.2) is 0 Å². The Kier molecular flexibility index (Phi) is 3.13. The minimum Gasteiger partial charge on any atom is -0.392 e. The van der Waals surface area contributed by atoms with Crippen molar-refractivity contribution >= 4 is 0 Å². The maximum atomic E-state index is 9.88. The monoisotopic (exact) mass is 197 g/mol. The van der Waals surface area contributed by atoms with Crippen molar-refractivity contribution in [2.24, 2.45) is 0 Å². The molecule has 0 aliphatic heterocycles. The van der Waals surface area contributed by atoms with E-state index in [9.17, 15) is 5.11 Å². The number of nitrogens with one attached hydrogen (secondary N) is 1. The first-order chi connectivity index (χ1) is 6.70. The van der Waals surface area contributed by atoms with Crippen molar-refractivity contribution in [3.63, 3.8) is 0 Å². The van der Waals surface area contributed by atoms with E-state index in [1.807, 2.05) is 0 Å². The van der Waals surface area contributed by atoms with Crippen molar-refractivity contribution in [2.45, 2.75) is 76.0 Å². The quantitative estimate of drug-likeness (QED) is 0.711. The maximum Gasteiger partial charge on any atom is 0.0693 e. The molecule has 2 atom stereocenters. The predicted octanol–water partition coefficient (Wildman–Crippen LogP) is 2.21. The van der Waals surface area contributed by atoms with Crippen LogP contribution in [0, 0.1) is 0 Å². The molecule has 2 unspecified atom stereocenters. The zero-order valence-corrected chi connectivity index (χ0v) is 9.26. The molecule has 2 nitrogen and oxygen atoms in total. The van der Waals surface area contributed by atoms with Crippen molar-refractivity contribution in [3.8, 4) is 0 Å². The van der Waals surface area contributed by atoms with Gasteiger partial charge >= 0.3 is 0 Å². The fourth-order valence-electron chi connectivity index (χ4n) is 3.03. The van der Waals surface area contributed by atoms with Crippen LogP contribution in [0.25, 0.3) is 0 Å². The lowest BCUT2D eigenvalue weighted by Crippen LogP contribution is -2.52. The van der Waals surface area contributed by atoms with Gasteiger partial charge in [0.05, 0.1) is 6.10 Å². The fraction of sp³-hybridized carbons (Fsp3) is 1.00. The second-order valence-electron chi connectivity index (χ2n) is 5.37. The molecule has 82 valence electrons. The van der Waals surface area contributed by atoms with Gasteiger partial charge in [-0.15, -0.1) is 0 Å². The minimum atomic E-state index is -0.0961. The summed E-state index contributed by atoms with van der Waals surface area (Å²) in [5.74, 6) is 0. The van der Waals surface area contributed by atoms with Crippen molar-refractivity contribution < 1.29 is 5.11 Å². The zero-order valence-electron chi connectivity index (χ0n) is 9.26. The molecule has 0 aromatic rings. The van der Waals surface area contributed by atoms with Crippen LogP contribution in [0.3, 0.4) is 0 Å². The van der Waals surface area contributed by atoms with Gasteiger partial charge in [-0.25, -0.2) is 0 Å². The predicted molar refractivity (Wildman–Crippen MR) is 58.3 cm³/mol. The molecule has 0 radical (unpaired) electrons. The summed E-state index contributed by atoms with van der Waals surface area (Å²) in [5, 5.41) is 13.6. The summed E-state index contributed by atoms with van der Waals surface area (Å²) in [6.45, 7) is 2.32. The molecule has 0 heterocycles. The molecule has 2 fully saturated rings. The summed E-state index contributed by atoms with van der Waals surface area (Å²) >= 11 is 0. The number of aliphatic hydroxyl groups excluding tert-OH is 1. The molecule has 0 saturated heterocycles. The molecule has 2 heteroatoms. The van der Waals surface area contributed by atoms with E-state index in [4.69, 9.17) is 0 Å². The van der Waals surface area contributed by atoms with E-state index in [0.29, 0.717) is 11.6 Å². The Morgan fingerprint density at radius 2 is 1.71 bits per heavy atom. The second kappa shape index (κ2) is 4.19. The van der Waals surface area contributed by atoms with Gasteiger partial charge in [0.1, 0.15) is 0 Å².